The summed E-state index contributed by atoms with van der Waals surface area (Å²) in [7, 11) is 0. The van der Waals surface area contributed by atoms with Crippen LogP contribution >= 0.6 is 11.8 Å². The van der Waals surface area contributed by atoms with E-state index in [9.17, 15) is 0 Å². The third-order valence-electron chi connectivity index (χ3n) is 1.09. The van der Waals surface area contributed by atoms with E-state index in [1.165, 1.54) is 18.0 Å². The average molecular weight is 156 g/mol. The quantitative estimate of drug-likeness (QED) is 0.597. The highest BCUT2D eigenvalue weighted by Gasteiger charge is 1.98. The predicted octanol–water partition coefficient (Wildman–Crippen LogP) is 1.09. The Labute approximate surface area is 63.3 Å². The van der Waals surface area contributed by atoms with Crippen LogP contribution in [0.4, 0.5) is 5.82 Å². The van der Waals surface area contributed by atoms with Gasteiger partial charge in [0.05, 0.1) is 11.1 Å². The topological polar surface area (TPSA) is 59.1 Å². The van der Waals surface area contributed by atoms with Crippen molar-refractivity contribution in [1.29, 1.82) is 0 Å². The molecule has 0 fully saturated rings. The van der Waals surface area contributed by atoms with Crippen LogP contribution in [0.5, 0.6) is 5.75 Å². The minimum absolute atomic E-state index is 0.151. The lowest BCUT2D eigenvalue weighted by Gasteiger charge is -1.99. The molecule has 0 unspecified atom stereocenters. The van der Waals surface area contributed by atoms with E-state index in [0.717, 1.165) is 4.90 Å². The molecule has 1 heterocycles. The van der Waals surface area contributed by atoms with E-state index in [-0.39, 0.29) is 5.75 Å². The highest BCUT2D eigenvalue weighted by atomic mass is 32.2. The van der Waals surface area contributed by atoms with Crippen molar-refractivity contribution in [3.63, 3.8) is 0 Å². The fourth-order valence-corrected chi connectivity index (χ4v) is 1.11. The van der Waals surface area contributed by atoms with Crippen molar-refractivity contribution < 1.29 is 5.11 Å². The molecule has 0 saturated heterocycles. The maximum atomic E-state index is 8.94. The molecule has 0 bridgehead atoms. The largest absolute Gasteiger partial charge is 0.506 e. The van der Waals surface area contributed by atoms with E-state index in [0.29, 0.717) is 5.82 Å². The van der Waals surface area contributed by atoms with Crippen molar-refractivity contribution in [2.75, 3.05) is 12.0 Å². The van der Waals surface area contributed by atoms with Gasteiger partial charge in [0, 0.05) is 0 Å². The zero-order valence-corrected chi connectivity index (χ0v) is 6.35. The number of hydrogen-bond donors (Lipinski definition) is 2. The summed E-state index contributed by atoms with van der Waals surface area (Å²) >= 11 is 1.46. The monoisotopic (exact) mass is 156 g/mol. The zero-order valence-electron chi connectivity index (χ0n) is 5.53. The van der Waals surface area contributed by atoms with Gasteiger partial charge < -0.3 is 10.8 Å². The van der Waals surface area contributed by atoms with Gasteiger partial charge in [-0.15, -0.1) is 11.8 Å². The summed E-state index contributed by atoms with van der Waals surface area (Å²) in [6.45, 7) is 0. The second kappa shape index (κ2) is 2.79. The molecular formula is C6H8N2OS. The number of aromatic nitrogens is 1. The van der Waals surface area contributed by atoms with Gasteiger partial charge in [-0.25, -0.2) is 4.98 Å². The van der Waals surface area contributed by atoms with Crippen molar-refractivity contribution in [2.24, 2.45) is 0 Å². The number of aromatic hydroxyl groups is 1. The number of rotatable bonds is 1. The van der Waals surface area contributed by atoms with Gasteiger partial charge in [-0.2, -0.15) is 0 Å². The van der Waals surface area contributed by atoms with Crippen LogP contribution in [0.2, 0.25) is 0 Å². The highest BCUT2D eigenvalue weighted by Crippen LogP contribution is 2.23. The molecule has 0 aliphatic heterocycles. The van der Waals surface area contributed by atoms with Crippen molar-refractivity contribution in [3.8, 4) is 5.75 Å². The van der Waals surface area contributed by atoms with Gasteiger partial charge in [0.2, 0.25) is 0 Å². The van der Waals surface area contributed by atoms with E-state index in [1.54, 1.807) is 6.07 Å². The lowest BCUT2D eigenvalue weighted by molar-refractivity contribution is 0.471. The molecule has 1 rings (SSSR count). The minimum atomic E-state index is 0.151. The molecule has 3 N–H and O–H groups in total. The number of hydrogen-bond acceptors (Lipinski definition) is 4. The molecule has 0 radical (unpaired) electrons. The van der Waals surface area contributed by atoms with Gasteiger partial charge in [0.25, 0.3) is 0 Å². The average Bonchev–Trinajstić information content (AvgIpc) is 1.94. The number of thioether (sulfide) groups is 1. The van der Waals surface area contributed by atoms with E-state index >= 15 is 0 Å². The number of nitrogens with zero attached hydrogens (tertiary/aromatic N) is 1. The summed E-state index contributed by atoms with van der Waals surface area (Å²) in [6.07, 6.45) is 3.21. The number of nitrogen functional groups attached to an aromatic ring is 1. The minimum Gasteiger partial charge on any atom is -0.506 e. The first kappa shape index (κ1) is 7.21. The number of pyridine rings is 1. The Kier molecular flexibility index (Phi) is 2.01. The summed E-state index contributed by atoms with van der Waals surface area (Å²) in [5.41, 5.74) is 5.46. The van der Waals surface area contributed by atoms with Crippen molar-refractivity contribution >= 4 is 17.6 Å². The van der Waals surface area contributed by atoms with Crippen LogP contribution in [0.3, 0.4) is 0 Å². The number of nitrogens with two attached hydrogens (primary N) is 1. The van der Waals surface area contributed by atoms with E-state index in [4.69, 9.17) is 10.8 Å². The molecular weight excluding hydrogens is 148 g/mol. The maximum Gasteiger partial charge on any atom is 0.137 e. The SMILES string of the molecule is CSc1cc(O)cnc1N. The van der Waals surface area contributed by atoms with Crippen LogP contribution < -0.4 is 5.73 Å². The van der Waals surface area contributed by atoms with Crippen LogP contribution in [0.1, 0.15) is 0 Å². The summed E-state index contributed by atoms with van der Waals surface area (Å²) in [4.78, 5) is 4.56. The zero-order chi connectivity index (χ0) is 7.56. The fraction of sp³-hybridized carbons (Fsp3) is 0.167. The first-order chi connectivity index (χ1) is 4.74. The summed E-state index contributed by atoms with van der Waals surface area (Å²) in [5, 5.41) is 8.94. The summed E-state index contributed by atoms with van der Waals surface area (Å²) < 4.78 is 0. The van der Waals surface area contributed by atoms with Gasteiger partial charge in [0.15, 0.2) is 0 Å². The molecule has 3 nitrogen and oxygen atoms in total. The maximum absolute atomic E-state index is 8.94. The standard InChI is InChI=1S/C6H8N2OS/c1-10-5-2-4(9)3-8-6(5)7/h2-3,9H,1H3,(H2,7,8). The molecule has 0 aromatic carbocycles. The van der Waals surface area contributed by atoms with Gasteiger partial charge in [-0.1, -0.05) is 0 Å². The molecule has 0 atom stereocenters. The number of anilines is 1. The lowest BCUT2D eigenvalue weighted by atomic mass is 10.4. The smallest absolute Gasteiger partial charge is 0.137 e. The lowest BCUT2D eigenvalue weighted by Crippen LogP contribution is -1.90. The Morgan fingerprint density at radius 2 is 2.40 bits per heavy atom. The molecule has 0 saturated carbocycles. The van der Waals surface area contributed by atoms with E-state index < -0.39 is 0 Å². The first-order valence-corrected chi connectivity index (χ1v) is 3.95. The molecule has 0 aliphatic rings. The molecule has 1 aromatic rings. The molecule has 0 spiro atoms. The van der Waals surface area contributed by atoms with Crippen molar-refractivity contribution in [1.82, 2.24) is 4.98 Å². The second-order valence-electron chi connectivity index (χ2n) is 1.78. The van der Waals surface area contributed by atoms with Crippen LogP contribution in [0.15, 0.2) is 17.2 Å². The Hall–Kier alpha value is -0.900. The van der Waals surface area contributed by atoms with Gasteiger partial charge in [-0.3, -0.25) is 0 Å². The second-order valence-corrected chi connectivity index (χ2v) is 2.63. The fourth-order valence-electron chi connectivity index (χ4n) is 0.608. The van der Waals surface area contributed by atoms with Crippen LogP contribution in [0.25, 0.3) is 0 Å². The molecule has 1 aromatic heterocycles. The molecule has 4 heteroatoms. The Morgan fingerprint density at radius 1 is 1.70 bits per heavy atom. The van der Waals surface area contributed by atoms with Crippen molar-refractivity contribution in [3.05, 3.63) is 12.3 Å². The van der Waals surface area contributed by atoms with Gasteiger partial charge in [-0.05, 0) is 12.3 Å². The van der Waals surface area contributed by atoms with E-state index in [2.05, 4.69) is 4.98 Å². The third-order valence-corrected chi connectivity index (χ3v) is 1.85. The third kappa shape index (κ3) is 1.33. The normalized spacial score (nSPS) is 9.70. The van der Waals surface area contributed by atoms with Crippen molar-refractivity contribution in [2.45, 2.75) is 4.90 Å². The molecule has 0 amide bonds. The highest BCUT2D eigenvalue weighted by molar-refractivity contribution is 7.98. The van der Waals surface area contributed by atoms with Crippen LogP contribution in [-0.2, 0) is 0 Å². The first-order valence-electron chi connectivity index (χ1n) is 2.72. The van der Waals surface area contributed by atoms with Gasteiger partial charge in [0.1, 0.15) is 11.6 Å². The van der Waals surface area contributed by atoms with Crippen LogP contribution in [-0.4, -0.2) is 16.3 Å². The Balaban J connectivity index is 3.09. The molecule has 10 heavy (non-hydrogen) atoms. The molecule has 0 aliphatic carbocycles. The van der Waals surface area contributed by atoms with E-state index in [1.807, 2.05) is 6.26 Å². The Morgan fingerprint density at radius 3 is 2.90 bits per heavy atom. The summed E-state index contributed by atoms with van der Waals surface area (Å²) in [5.74, 6) is 0.615. The predicted molar refractivity (Wildman–Crippen MR) is 42.1 cm³/mol. The molecule has 54 valence electrons. The van der Waals surface area contributed by atoms with Crippen LogP contribution in [0, 0.1) is 0 Å². The Bertz CT molecular complexity index is 239. The van der Waals surface area contributed by atoms with Gasteiger partial charge >= 0.3 is 0 Å². The summed E-state index contributed by atoms with van der Waals surface area (Å²) in [6, 6.07) is 1.59.